The van der Waals surface area contributed by atoms with Gasteiger partial charge < -0.3 is 25.8 Å². The Bertz CT molecular complexity index is 655. The van der Waals surface area contributed by atoms with E-state index in [-0.39, 0.29) is 36.3 Å². The molecule has 1 aromatic carbocycles. The van der Waals surface area contributed by atoms with Gasteiger partial charge in [-0.25, -0.2) is 0 Å². The molecule has 1 aromatic rings. The topological polar surface area (TPSA) is 99.7 Å². The number of anilines is 1. The number of fused-ring (bicyclic) bond motifs is 1. The molecule has 2 heterocycles. The second-order valence-electron chi connectivity index (χ2n) is 6.34. The summed E-state index contributed by atoms with van der Waals surface area (Å²) in [5.41, 5.74) is 1.54. The molecule has 2 aliphatic rings. The average molecular weight is 370 g/mol. The van der Waals surface area contributed by atoms with Gasteiger partial charge >= 0.3 is 0 Å². The number of halogens is 1. The molecule has 4 atom stereocenters. The fourth-order valence-electron chi connectivity index (χ4n) is 3.01. The summed E-state index contributed by atoms with van der Waals surface area (Å²) in [6.45, 7) is 4.23. The Hall–Kier alpha value is -1.83. The second-order valence-corrected chi connectivity index (χ2v) is 6.34. The Morgan fingerprint density at radius 2 is 2.24 bits per heavy atom. The zero-order chi connectivity index (χ0) is 17.3. The molecule has 138 valence electrons. The van der Waals surface area contributed by atoms with Crippen LogP contribution >= 0.6 is 12.4 Å². The Morgan fingerprint density at radius 3 is 2.88 bits per heavy atom. The van der Waals surface area contributed by atoms with Crippen LogP contribution in [0.2, 0.25) is 0 Å². The maximum absolute atomic E-state index is 12.2. The predicted octanol–water partition coefficient (Wildman–Crippen LogP) is 1.12. The second kappa shape index (κ2) is 8.03. The summed E-state index contributed by atoms with van der Waals surface area (Å²) in [7, 11) is 0. The first-order valence-corrected chi connectivity index (χ1v) is 8.31. The lowest BCUT2D eigenvalue weighted by Crippen LogP contribution is -2.41. The fraction of sp³-hybridized carbons (Fsp3) is 0.529. The minimum atomic E-state index is -0.484. The number of carbonyl (C=O) groups is 2. The molecule has 2 amide bonds. The Morgan fingerprint density at radius 1 is 1.48 bits per heavy atom. The summed E-state index contributed by atoms with van der Waals surface area (Å²) >= 11 is 0. The molecule has 0 radical (unpaired) electrons. The molecule has 7 nitrogen and oxygen atoms in total. The van der Waals surface area contributed by atoms with Crippen molar-refractivity contribution in [3.63, 3.8) is 0 Å². The van der Waals surface area contributed by atoms with Gasteiger partial charge in [-0.3, -0.25) is 9.59 Å². The molecule has 1 fully saturated rings. The molecule has 25 heavy (non-hydrogen) atoms. The van der Waals surface area contributed by atoms with Gasteiger partial charge in [-0.15, -0.1) is 12.4 Å². The molecule has 0 bridgehead atoms. The largest absolute Gasteiger partial charge is 0.478 e. The molecule has 0 aromatic heterocycles. The molecule has 8 heteroatoms. The van der Waals surface area contributed by atoms with Gasteiger partial charge in [-0.1, -0.05) is 13.0 Å². The lowest BCUT2D eigenvalue weighted by atomic mass is 10.0. The van der Waals surface area contributed by atoms with Crippen LogP contribution in [0.25, 0.3) is 0 Å². The van der Waals surface area contributed by atoms with Gasteiger partial charge in [0.05, 0.1) is 23.9 Å². The number of hydrogen-bond acceptors (Lipinski definition) is 5. The van der Waals surface area contributed by atoms with Crippen LogP contribution in [0.15, 0.2) is 18.2 Å². The summed E-state index contributed by atoms with van der Waals surface area (Å²) < 4.78 is 5.73. The quantitative estimate of drug-likeness (QED) is 0.637. The molecule has 1 saturated heterocycles. The molecule has 3 rings (SSSR count). The van der Waals surface area contributed by atoms with Crippen molar-refractivity contribution in [2.75, 3.05) is 11.9 Å². The van der Waals surface area contributed by atoms with Gasteiger partial charge in [0.1, 0.15) is 5.75 Å². The molecule has 0 spiro atoms. The normalized spacial score (nSPS) is 25.9. The maximum Gasteiger partial charge on any atom is 0.265 e. The van der Waals surface area contributed by atoms with Crippen molar-refractivity contribution in [1.29, 1.82) is 0 Å². The van der Waals surface area contributed by atoms with Crippen LogP contribution in [-0.4, -0.2) is 41.7 Å². The highest BCUT2D eigenvalue weighted by Gasteiger charge is 2.30. The molecule has 4 unspecified atom stereocenters. The number of amides is 2. The Balaban J connectivity index is 0.00000225. The standard InChI is InChI=1S/C17H23N3O4.ClH/c1-3-14-17(23)20-12-5-4-10(6-15(12)24-14)9(2)19-16(22)13-7-11(21)8-18-13;/h4-6,9,11,13-14,18,21H,3,7-8H2,1-2H3,(H,19,22)(H,20,23);1H. The van der Waals surface area contributed by atoms with Crippen molar-refractivity contribution in [1.82, 2.24) is 10.6 Å². The minimum absolute atomic E-state index is 0. The van der Waals surface area contributed by atoms with Crippen LogP contribution in [-0.2, 0) is 9.59 Å². The van der Waals surface area contributed by atoms with Crippen molar-refractivity contribution < 1.29 is 19.4 Å². The molecule has 0 aliphatic carbocycles. The van der Waals surface area contributed by atoms with Gasteiger partial charge in [0, 0.05) is 6.54 Å². The van der Waals surface area contributed by atoms with E-state index in [9.17, 15) is 14.7 Å². The number of carbonyl (C=O) groups excluding carboxylic acids is 2. The van der Waals surface area contributed by atoms with Crippen LogP contribution in [0.3, 0.4) is 0 Å². The predicted molar refractivity (Wildman–Crippen MR) is 96.0 cm³/mol. The minimum Gasteiger partial charge on any atom is -0.478 e. The van der Waals surface area contributed by atoms with Crippen molar-refractivity contribution in [2.24, 2.45) is 0 Å². The summed E-state index contributed by atoms with van der Waals surface area (Å²) in [5.74, 6) is 0.358. The third kappa shape index (κ3) is 4.23. The number of rotatable bonds is 4. The first kappa shape index (κ1) is 19.5. The van der Waals surface area contributed by atoms with E-state index in [1.54, 1.807) is 6.07 Å². The van der Waals surface area contributed by atoms with Crippen LogP contribution in [0.5, 0.6) is 5.75 Å². The number of aliphatic hydroxyl groups is 1. The first-order valence-electron chi connectivity index (χ1n) is 8.31. The van der Waals surface area contributed by atoms with Crippen molar-refractivity contribution in [3.05, 3.63) is 23.8 Å². The van der Waals surface area contributed by atoms with E-state index >= 15 is 0 Å². The fourth-order valence-corrected chi connectivity index (χ4v) is 3.01. The van der Waals surface area contributed by atoms with Gasteiger partial charge in [-0.2, -0.15) is 0 Å². The van der Waals surface area contributed by atoms with E-state index in [1.165, 1.54) is 0 Å². The van der Waals surface area contributed by atoms with Gasteiger partial charge in [0.15, 0.2) is 6.10 Å². The lowest BCUT2D eigenvalue weighted by molar-refractivity contribution is -0.124. The smallest absolute Gasteiger partial charge is 0.265 e. The van der Waals surface area contributed by atoms with Crippen molar-refractivity contribution in [2.45, 2.75) is 51.0 Å². The van der Waals surface area contributed by atoms with E-state index in [1.807, 2.05) is 26.0 Å². The number of benzene rings is 1. The monoisotopic (exact) mass is 369 g/mol. The number of ether oxygens (including phenoxy) is 1. The zero-order valence-corrected chi connectivity index (χ0v) is 15.1. The Kier molecular flexibility index (Phi) is 6.26. The molecular weight excluding hydrogens is 346 g/mol. The van der Waals surface area contributed by atoms with E-state index < -0.39 is 12.2 Å². The van der Waals surface area contributed by atoms with E-state index in [4.69, 9.17) is 4.74 Å². The number of β-amino-alcohol motifs (C(OH)–C–C–N with tert-alkyl or cyclic N) is 1. The number of hydrogen-bond donors (Lipinski definition) is 4. The van der Waals surface area contributed by atoms with Crippen LogP contribution in [0.4, 0.5) is 5.69 Å². The third-order valence-electron chi connectivity index (χ3n) is 4.48. The summed E-state index contributed by atoms with van der Waals surface area (Å²) in [6.07, 6.45) is 0.0673. The lowest BCUT2D eigenvalue weighted by Gasteiger charge is -2.26. The van der Waals surface area contributed by atoms with Crippen LogP contribution in [0.1, 0.15) is 38.3 Å². The van der Waals surface area contributed by atoms with Gasteiger partial charge in [0.25, 0.3) is 5.91 Å². The average Bonchev–Trinajstić information content (AvgIpc) is 3.00. The Labute approximate surface area is 152 Å². The molecule has 2 aliphatic heterocycles. The number of aliphatic hydroxyl groups excluding tert-OH is 1. The molecule has 4 N–H and O–H groups in total. The molecular formula is C17H24ClN3O4. The summed E-state index contributed by atoms with van der Waals surface area (Å²) in [6, 6.07) is 4.92. The van der Waals surface area contributed by atoms with Gasteiger partial charge in [0.2, 0.25) is 5.91 Å². The van der Waals surface area contributed by atoms with Crippen molar-refractivity contribution >= 4 is 29.9 Å². The van der Waals surface area contributed by atoms with Crippen LogP contribution in [0, 0.1) is 0 Å². The maximum atomic E-state index is 12.2. The highest BCUT2D eigenvalue weighted by Crippen LogP contribution is 2.33. The van der Waals surface area contributed by atoms with Crippen molar-refractivity contribution in [3.8, 4) is 5.75 Å². The SMILES string of the molecule is CCC1Oc2cc(C(C)NC(=O)C3CC(O)CN3)ccc2NC1=O.Cl. The highest BCUT2D eigenvalue weighted by molar-refractivity contribution is 5.97. The van der Waals surface area contributed by atoms with Gasteiger partial charge in [-0.05, 0) is 37.5 Å². The zero-order valence-electron chi connectivity index (χ0n) is 14.2. The highest BCUT2D eigenvalue weighted by atomic mass is 35.5. The van der Waals surface area contributed by atoms with E-state index in [0.717, 1.165) is 5.56 Å². The third-order valence-corrected chi connectivity index (χ3v) is 4.48. The summed E-state index contributed by atoms with van der Waals surface area (Å²) in [4.78, 5) is 24.0. The van der Waals surface area contributed by atoms with E-state index in [2.05, 4.69) is 16.0 Å². The molecule has 0 saturated carbocycles. The summed E-state index contributed by atoms with van der Waals surface area (Å²) in [5, 5.41) is 18.3. The number of nitrogens with one attached hydrogen (secondary N) is 3. The van der Waals surface area contributed by atoms with E-state index in [0.29, 0.717) is 30.8 Å². The van der Waals surface area contributed by atoms with Crippen LogP contribution < -0.4 is 20.7 Å². The first-order chi connectivity index (χ1) is 11.5.